The molecule has 0 spiro atoms. The Morgan fingerprint density at radius 3 is 2.95 bits per heavy atom. The van der Waals surface area contributed by atoms with E-state index in [0.717, 1.165) is 24.4 Å². The molecular weight excluding hydrogens is 264 g/mol. The number of primary amides is 1. The van der Waals surface area contributed by atoms with Gasteiger partial charge in [0, 0.05) is 17.6 Å². The van der Waals surface area contributed by atoms with Gasteiger partial charge in [0.2, 0.25) is 5.91 Å². The highest BCUT2D eigenvalue weighted by Crippen LogP contribution is 2.37. The SMILES string of the molecule is NC(=O)COCCNC1CC(c2cccc(Cl)c2)C1. The Morgan fingerprint density at radius 2 is 2.26 bits per heavy atom. The zero-order valence-electron chi connectivity index (χ0n) is 10.8. The highest BCUT2D eigenvalue weighted by molar-refractivity contribution is 6.30. The van der Waals surface area contributed by atoms with Crippen LogP contribution in [0.25, 0.3) is 0 Å². The van der Waals surface area contributed by atoms with E-state index in [0.29, 0.717) is 18.6 Å². The van der Waals surface area contributed by atoms with Crippen molar-refractivity contribution in [1.82, 2.24) is 5.32 Å². The number of rotatable bonds is 7. The molecule has 0 atom stereocenters. The van der Waals surface area contributed by atoms with E-state index in [4.69, 9.17) is 22.1 Å². The summed E-state index contributed by atoms with van der Waals surface area (Å²) in [6.45, 7) is 1.26. The molecule has 0 aliphatic heterocycles. The van der Waals surface area contributed by atoms with Gasteiger partial charge in [0.05, 0.1) is 6.61 Å². The first kappa shape index (κ1) is 14.3. The van der Waals surface area contributed by atoms with Crippen LogP contribution in [0.2, 0.25) is 5.02 Å². The number of amides is 1. The van der Waals surface area contributed by atoms with Crippen LogP contribution in [0, 0.1) is 0 Å². The average Bonchev–Trinajstić information content (AvgIpc) is 2.30. The Balaban J connectivity index is 1.60. The molecule has 104 valence electrons. The predicted molar refractivity (Wildman–Crippen MR) is 75.2 cm³/mol. The van der Waals surface area contributed by atoms with Crippen molar-refractivity contribution < 1.29 is 9.53 Å². The second kappa shape index (κ2) is 6.89. The molecule has 4 nitrogen and oxygen atoms in total. The van der Waals surface area contributed by atoms with Crippen LogP contribution in [0.4, 0.5) is 0 Å². The Labute approximate surface area is 118 Å². The van der Waals surface area contributed by atoms with Gasteiger partial charge in [0.15, 0.2) is 0 Å². The van der Waals surface area contributed by atoms with Crippen molar-refractivity contribution in [2.24, 2.45) is 5.73 Å². The number of benzene rings is 1. The van der Waals surface area contributed by atoms with Crippen LogP contribution in [0.3, 0.4) is 0 Å². The number of hydrogen-bond donors (Lipinski definition) is 2. The highest BCUT2D eigenvalue weighted by Gasteiger charge is 2.29. The second-order valence-electron chi connectivity index (χ2n) is 4.89. The van der Waals surface area contributed by atoms with Crippen LogP contribution in [0.15, 0.2) is 24.3 Å². The van der Waals surface area contributed by atoms with E-state index < -0.39 is 5.91 Å². The zero-order valence-corrected chi connectivity index (χ0v) is 11.5. The van der Waals surface area contributed by atoms with Crippen molar-refractivity contribution >= 4 is 17.5 Å². The lowest BCUT2D eigenvalue weighted by Crippen LogP contribution is -2.41. The van der Waals surface area contributed by atoms with Crippen molar-refractivity contribution in [3.63, 3.8) is 0 Å². The fraction of sp³-hybridized carbons (Fsp3) is 0.500. The minimum atomic E-state index is -0.426. The standard InChI is InChI=1S/C14H19ClN2O2/c15-12-3-1-2-10(6-12)11-7-13(8-11)17-4-5-19-9-14(16)18/h1-3,6,11,13,17H,4-5,7-9H2,(H2,16,18). The molecular formula is C14H19ClN2O2. The van der Waals surface area contributed by atoms with Crippen LogP contribution < -0.4 is 11.1 Å². The van der Waals surface area contributed by atoms with Crippen LogP contribution in [-0.4, -0.2) is 31.7 Å². The van der Waals surface area contributed by atoms with Gasteiger partial charge in [-0.25, -0.2) is 0 Å². The summed E-state index contributed by atoms with van der Waals surface area (Å²) in [5.74, 6) is 0.174. The van der Waals surface area contributed by atoms with E-state index in [2.05, 4.69) is 11.4 Å². The number of ether oxygens (including phenoxy) is 1. The first-order valence-electron chi connectivity index (χ1n) is 6.50. The van der Waals surface area contributed by atoms with Gasteiger partial charge in [-0.3, -0.25) is 4.79 Å². The lowest BCUT2D eigenvalue weighted by Gasteiger charge is -2.36. The number of hydrogen-bond acceptors (Lipinski definition) is 3. The Morgan fingerprint density at radius 1 is 1.47 bits per heavy atom. The Kier molecular flexibility index (Phi) is 5.19. The van der Waals surface area contributed by atoms with Crippen LogP contribution in [-0.2, 0) is 9.53 Å². The van der Waals surface area contributed by atoms with Crippen LogP contribution in [0.5, 0.6) is 0 Å². The van der Waals surface area contributed by atoms with Crippen molar-refractivity contribution in [1.29, 1.82) is 0 Å². The molecule has 19 heavy (non-hydrogen) atoms. The summed E-state index contributed by atoms with van der Waals surface area (Å²) < 4.78 is 5.09. The first-order valence-corrected chi connectivity index (χ1v) is 6.88. The molecule has 0 heterocycles. The maximum Gasteiger partial charge on any atom is 0.243 e. The number of halogens is 1. The van der Waals surface area contributed by atoms with Crippen molar-refractivity contribution in [3.05, 3.63) is 34.9 Å². The molecule has 1 aromatic carbocycles. The summed E-state index contributed by atoms with van der Waals surface area (Å²) in [6.07, 6.45) is 2.24. The molecule has 1 amide bonds. The van der Waals surface area contributed by atoms with E-state index in [-0.39, 0.29) is 6.61 Å². The van der Waals surface area contributed by atoms with E-state index in [1.165, 1.54) is 5.56 Å². The molecule has 2 rings (SSSR count). The third kappa shape index (κ3) is 4.49. The van der Waals surface area contributed by atoms with Gasteiger partial charge in [-0.2, -0.15) is 0 Å². The lowest BCUT2D eigenvalue weighted by molar-refractivity contribution is -0.122. The molecule has 1 aromatic rings. The quantitative estimate of drug-likeness (QED) is 0.748. The van der Waals surface area contributed by atoms with Gasteiger partial charge >= 0.3 is 0 Å². The van der Waals surface area contributed by atoms with Gasteiger partial charge in [-0.15, -0.1) is 0 Å². The summed E-state index contributed by atoms with van der Waals surface area (Å²) in [4.78, 5) is 10.5. The van der Waals surface area contributed by atoms with E-state index in [1.807, 2.05) is 18.2 Å². The molecule has 0 unspecified atom stereocenters. The average molecular weight is 283 g/mol. The fourth-order valence-corrected chi connectivity index (χ4v) is 2.52. The summed E-state index contributed by atoms with van der Waals surface area (Å²) in [6, 6.07) is 8.59. The van der Waals surface area contributed by atoms with Gasteiger partial charge in [-0.05, 0) is 36.5 Å². The minimum absolute atomic E-state index is 0.00249. The maximum atomic E-state index is 10.5. The summed E-state index contributed by atoms with van der Waals surface area (Å²) in [7, 11) is 0. The number of nitrogens with one attached hydrogen (secondary N) is 1. The Hall–Kier alpha value is -1.10. The summed E-state index contributed by atoms with van der Waals surface area (Å²) in [5, 5.41) is 4.20. The van der Waals surface area contributed by atoms with E-state index >= 15 is 0 Å². The highest BCUT2D eigenvalue weighted by atomic mass is 35.5. The zero-order chi connectivity index (χ0) is 13.7. The van der Waals surface area contributed by atoms with E-state index in [9.17, 15) is 4.79 Å². The summed E-state index contributed by atoms with van der Waals surface area (Å²) >= 11 is 5.98. The molecule has 0 bridgehead atoms. The molecule has 5 heteroatoms. The number of nitrogens with two attached hydrogens (primary N) is 1. The molecule has 1 fully saturated rings. The largest absolute Gasteiger partial charge is 0.370 e. The second-order valence-corrected chi connectivity index (χ2v) is 5.33. The lowest BCUT2D eigenvalue weighted by atomic mass is 9.76. The van der Waals surface area contributed by atoms with Crippen molar-refractivity contribution in [2.75, 3.05) is 19.8 Å². The van der Waals surface area contributed by atoms with Gasteiger partial charge in [0.25, 0.3) is 0 Å². The molecule has 1 aliphatic rings. The van der Waals surface area contributed by atoms with Gasteiger partial charge in [0.1, 0.15) is 6.61 Å². The molecule has 3 N–H and O–H groups in total. The van der Waals surface area contributed by atoms with Crippen molar-refractivity contribution in [2.45, 2.75) is 24.8 Å². The normalized spacial score (nSPS) is 21.9. The first-order chi connectivity index (χ1) is 9.15. The molecule has 0 aromatic heterocycles. The monoisotopic (exact) mass is 282 g/mol. The Bertz CT molecular complexity index is 433. The minimum Gasteiger partial charge on any atom is -0.370 e. The summed E-state index contributed by atoms with van der Waals surface area (Å²) in [5.41, 5.74) is 6.29. The topological polar surface area (TPSA) is 64.4 Å². The molecule has 1 aliphatic carbocycles. The molecule has 1 saturated carbocycles. The third-order valence-electron chi connectivity index (χ3n) is 3.38. The van der Waals surface area contributed by atoms with Gasteiger partial charge < -0.3 is 15.8 Å². The maximum absolute atomic E-state index is 10.5. The molecule has 0 radical (unpaired) electrons. The van der Waals surface area contributed by atoms with Crippen LogP contribution in [0.1, 0.15) is 24.3 Å². The number of carbonyl (C=O) groups is 1. The van der Waals surface area contributed by atoms with Gasteiger partial charge in [-0.1, -0.05) is 23.7 Å². The number of carbonyl (C=O) groups excluding carboxylic acids is 1. The predicted octanol–water partition coefficient (Wildman–Crippen LogP) is 1.68. The fourth-order valence-electron chi connectivity index (χ4n) is 2.33. The van der Waals surface area contributed by atoms with E-state index in [1.54, 1.807) is 0 Å². The third-order valence-corrected chi connectivity index (χ3v) is 3.62. The van der Waals surface area contributed by atoms with Crippen LogP contribution >= 0.6 is 11.6 Å². The smallest absolute Gasteiger partial charge is 0.243 e. The molecule has 0 saturated heterocycles. The van der Waals surface area contributed by atoms with Crippen molar-refractivity contribution in [3.8, 4) is 0 Å².